The number of carbonyl (C=O) groups is 1. The number of nitrogens with one attached hydrogen (secondary N) is 1. The SMILES string of the molecule is COc1ccc(CNC(=O)c2ccc(-c3ccc(Oc4ccccc4OC)nn3)cc2)c(OC)c1. The Bertz CT molecular complexity index is 1290. The lowest BCUT2D eigenvalue weighted by Gasteiger charge is -2.11. The van der Waals surface area contributed by atoms with Crippen molar-refractivity contribution in [2.24, 2.45) is 0 Å². The third-order valence-corrected chi connectivity index (χ3v) is 5.30. The van der Waals surface area contributed by atoms with Gasteiger partial charge in [0.05, 0.1) is 27.0 Å². The maximum absolute atomic E-state index is 12.6. The molecule has 0 saturated carbocycles. The van der Waals surface area contributed by atoms with Gasteiger partial charge in [-0.3, -0.25) is 4.79 Å². The molecular weight excluding hydrogens is 446 g/mol. The second-order valence-corrected chi connectivity index (χ2v) is 7.45. The van der Waals surface area contributed by atoms with Gasteiger partial charge in [0, 0.05) is 35.4 Å². The van der Waals surface area contributed by atoms with Crippen molar-refractivity contribution in [1.82, 2.24) is 15.5 Å². The zero-order chi connectivity index (χ0) is 24.6. The highest BCUT2D eigenvalue weighted by Gasteiger charge is 2.11. The fraction of sp³-hybridized carbons (Fsp3) is 0.148. The van der Waals surface area contributed by atoms with Crippen LogP contribution in [0, 0.1) is 0 Å². The topological polar surface area (TPSA) is 91.8 Å². The highest BCUT2D eigenvalue weighted by atomic mass is 16.5. The first kappa shape index (κ1) is 23.6. The van der Waals surface area contributed by atoms with Crippen molar-refractivity contribution in [1.29, 1.82) is 0 Å². The van der Waals surface area contributed by atoms with Gasteiger partial charge in [-0.15, -0.1) is 10.2 Å². The maximum Gasteiger partial charge on any atom is 0.251 e. The average Bonchev–Trinajstić information content (AvgIpc) is 2.92. The fourth-order valence-electron chi connectivity index (χ4n) is 3.41. The van der Waals surface area contributed by atoms with E-state index >= 15 is 0 Å². The van der Waals surface area contributed by atoms with Crippen LogP contribution in [-0.2, 0) is 6.54 Å². The Morgan fingerprint density at radius 1 is 0.771 bits per heavy atom. The Balaban J connectivity index is 1.39. The van der Waals surface area contributed by atoms with Gasteiger partial charge in [-0.1, -0.05) is 24.3 Å². The number of benzene rings is 3. The molecule has 0 bridgehead atoms. The van der Waals surface area contributed by atoms with E-state index in [2.05, 4.69) is 15.5 Å². The third-order valence-electron chi connectivity index (χ3n) is 5.30. The standard InChI is InChI=1S/C27H25N3O5/c1-32-21-13-12-20(25(16-21)34-3)17-28-27(31)19-10-8-18(9-11-19)22-14-15-26(30-29-22)35-24-7-5-4-6-23(24)33-2/h4-16H,17H2,1-3H3,(H,28,31). The van der Waals surface area contributed by atoms with Crippen LogP contribution in [-0.4, -0.2) is 37.4 Å². The van der Waals surface area contributed by atoms with Gasteiger partial charge in [0.1, 0.15) is 11.5 Å². The van der Waals surface area contributed by atoms with E-state index in [1.54, 1.807) is 51.7 Å². The molecule has 4 aromatic rings. The zero-order valence-corrected chi connectivity index (χ0v) is 19.6. The van der Waals surface area contributed by atoms with Gasteiger partial charge in [-0.25, -0.2) is 0 Å². The predicted molar refractivity (Wildman–Crippen MR) is 131 cm³/mol. The lowest BCUT2D eigenvalue weighted by atomic mass is 10.1. The summed E-state index contributed by atoms with van der Waals surface area (Å²) in [6.45, 7) is 0.326. The lowest BCUT2D eigenvalue weighted by molar-refractivity contribution is 0.0950. The Morgan fingerprint density at radius 2 is 1.51 bits per heavy atom. The van der Waals surface area contributed by atoms with E-state index in [0.717, 1.165) is 11.1 Å². The summed E-state index contributed by atoms with van der Waals surface area (Å²) in [4.78, 5) is 12.6. The maximum atomic E-state index is 12.6. The minimum Gasteiger partial charge on any atom is -0.497 e. The van der Waals surface area contributed by atoms with Crippen LogP contribution in [0.5, 0.6) is 28.9 Å². The van der Waals surface area contributed by atoms with Crippen LogP contribution in [0.4, 0.5) is 0 Å². The highest BCUT2D eigenvalue weighted by Crippen LogP contribution is 2.30. The van der Waals surface area contributed by atoms with Crippen LogP contribution < -0.4 is 24.3 Å². The predicted octanol–water partition coefficient (Wildman–Crippen LogP) is 4.89. The van der Waals surface area contributed by atoms with Crippen molar-refractivity contribution >= 4 is 5.91 Å². The Labute approximate surface area is 203 Å². The summed E-state index contributed by atoms with van der Waals surface area (Å²) in [5.41, 5.74) is 2.87. The van der Waals surface area contributed by atoms with E-state index in [1.165, 1.54) is 0 Å². The summed E-state index contributed by atoms with van der Waals surface area (Å²) >= 11 is 0. The van der Waals surface area contributed by atoms with E-state index in [9.17, 15) is 4.79 Å². The molecule has 35 heavy (non-hydrogen) atoms. The summed E-state index contributed by atoms with van der Waals surface area (Å²) in [7, 11) is 4.76. The molecule has 0 aliphatic rings. The summed E-state index contributed by atoms with van der Waals surface area (Å²) in [6, 6.07) is 23.5. The molecule has 1 N–H and O–H groups in total. The van der Waals surface area contributed by atoms with Crippen LogP contribution >= 0.6 is 0 Å². The van der Waals surface area contributed by atoms with Crippen molar-refractivity contribution in [2.45, 2.75) is 6.54 Å². The average molecular weight is 472 g/mol. The van der Waals surface area contributed by atoms with Gasteiger partial charge in [-0.05, 0) is 42.5 Å². The second kappa shape index (κ2) is 11.0. The Morgan fingerprint density at radius 3 is 2.17 bits per heavy atom. The highest BCUT2D eigenvalue weighted by molar-refractivity contribution is 5.94. The second-order valence-electron chi connectivity index (χ2n) is 7.45. The molecule has 0 saturated heterocycles. The van der Waals surface area contributed by atoms with Gasteiger partial charge in [0.2, 0.25) is 5.88 Å². The smallest absolute Gasteiger partial charge is 0.251 e. The summed E-state index contributed by atoms with van der Waals surface area (Å²) < 4.78 is 21.6. The van der Waals surface area contributed by atoms with Gasteiger partial charge < -0.3 is 24.3 Å². The summed E-state index contributed by atoms with van der Waals surface area (Å²) in [6.07, 6.45) is 0. The molecule has 1 heterocycles. The number of rotatable bonds is 9. The van der Waals surface area contributed by atoms with E-state index in [4.69, 9.17) is 18.9 Å². The molecular formula is C27H25N3O5. The monoisotopic (exact) mass is 471 g/mol. The quantitative estimate of drug-likeness (QED) is 0.372. The molecule has 3 aromatic carbocycles. The summed E-state index contributed by atoms with van der Waals surface area (Å²) in [5.74, 6) is 2.66. The Hall–Kier alpha value is -4.59. The minimum absolute atomic E-state index is 0.193. The lowest BCUT2D eigenvalue weighted by Crippen LogP contribution is -2.23. The molecule has 0 spiro atoms. The van der Waals surface area contributed by atoms with Crippen LogP contribution in [0.15, 0.2) is 78.9 Å². The zero-order valence-electron chi connectivity index (χ0n) is 19.6. The molecule has 1 aromatic heterocycles. The molecule has 4 rings (SSSR count). The number of aromatic nitrogens is 2. The van der Waals surface area contributed by atoms with Crippen molar-refractivity contribution in [3.63, 3.8) is 0 Å². The summed E-state index contributed by atoms with van der Waals surface area (Å²) in [5, 5.41) is 11.3. The third kappa shape index (κ3) is 5.67. The first-order valence-electron chi connectivity index (χ1n) is 10.9. The van der Waals surface area contributed by atoms with E-state index in [-0.39, 0.29) is 5.91 Å². The van der Waals surface area contributed by atoms with Crippen molar-refractivity contribution in [3.8, 4) is 40.1 Å². The first-order chi connectivity index (χ1) is 17.1. The molecule has 0 radical (unpaired) electrons. The number of nitrogens with zero attached hydrogens (tertiary/aromatic N) is 2. The Kier molecular flexibility index (Phi) is 7.42. The molecule has 0 aliphatic heterocycles. The molecule has 0 atom stereocenters. The van der Waals surface area contributed by atoms with E-state index in [1.807, 2.05) is 48.5 Å². The van der Waals surface area contributed by atoms with Gasteiger partial charge in [-0.2, -0.15) is 0 Å². The molecule has 0 unspecified atom stereocenters. The van der Waals surface area contributed by atoms with Crippen molar-refractivity contribution in [2.75, 3.05) is 21.3 Å². The number of ether oxygens (including phenoxy) is 4. The van der Waals surface area contributed by atoms with Crippen LogP contribution in [0.1, 0.15) is 15.9 Å². The van der Waals surface area contributed by atoms with E-state index in [0.29, 0.717) is 46.7 Å². The number of para-hydroxylation sites is 2. The molecule has 0 fully saturated rings. The van der Waals surface area contributed by atoms with Crippen LogP contribution in [0.3, 0.4) is 0 Å². The molecule has 0 aliphatic carbocycles. The number of hydrogen-bond donors (Lipinski definition) is 1. The van der Waals surface area contributed by atoms with Gasteiger partial charge in [0.15, 0.2) is 11.5 Å². The minimum atomic E-state index is -0.193. The van der Waals surface area contributed by atoms with Crippen LogP contribution in [0.2, 0.25) is 0 Å². The van der Waals surface area contributed by atoms with Crippen LogP contribution in [0.25, 0.3) is 11.3 Å². The molecule has 8 nitrogen and oxygen atoms in total. The largest absolute Gasteiger partial charge is 0.497 e. The number of amides is 1. The molecule has 1 amide bonds. The van der Waals surface area contributed by atoms with Gasteiger partial charge in [0.25, 0.3) is 5.91 Å². The molecule has 8 heteroatoms. The number of hydrogen-bond acceptors (Lipinski definition) is 7. The first-order valence-corrected chi connectivity index (χ1v) is 10.9. The van der Waals surface area contributed by atoms with E-state index < -0.39 is 0 Å². The normalized spacial score (nSPS) is 10.4. The fourth-order valence-corrected chi connectivity index (χ4v) is 3.41. The molecule has 178 valence electrons. The number of methoxy groups -OCH3 is 3. The van der Waals surface area contributed by atoms with Gasteiger partial charge >= 0.3 is 0 Å². The van der Waals surface area contributed by atoms with Crippen molar-refractivity contribution in [3.05, 3.63) is 90.0 Å². The number of carbonyl (C=O) groups excluding carboxylic acids is 1. The van der Waals surface area contributed by atoms with Crippen molar-refractivity contribution < 1.29 is 23.7 Å².